The summed E-state index contributed by atoms with van der Waals surface area (Å²) >= 11 is 0. The second kappa shape index (κ2) is 10.3. The number of rotatable bonds is 6. The van der Waals surface area contributed by atoms with Gasteiger partial charge in [-0.1, -0.05) is 18.2 Å². The Balaban J connectivity index is 1.20. The predicted octanol–water partition coefficient (Wildman–Crippen LogP) is 4.34. The molecule has 1 aromatic carbocycles. The first kappa shape index (κ1) is 23.7. The van der Waals surface area contributed by atoms with Crippen LogP contribution in [0.3, 0.4) is 0 Å². The maximum absolute atomic E-state index is 13.4. The highest BCUT2D eigenvalue weighted by molar-refractivity contribution is 6.15. The normalized spacial score (nSPS) is 20.6. The molecule has 0 unspecified atom stereocenters. The van der Waals surface area contributed by atoms with Gasteiger partial charge in [0.05, 0.1) is 19.4 Å². The van der Waals surface area contributed by atoms with Crippen molar-refractivity contribution >= 4 is 11.6 Å². The number of benzene rings is 1. The van der Waals surface area contributed by atoms with Crippen molar-refractivity contribution in [2.24, 2.45) is 10.9 Å². The smallest absolute Gasteiger partial charge is 0.223 e. The van der Waals surface area contributed by atoms with Crippen LogP contribution in [0.4, 0.5) is 0 Å². The molecule has 0 spiro atoms. The van der Waals surface area contributed by atoms with Crippen molar-refractivity contribution in [3.05, 3.63) is 69.9 Å². The van der Waals surface area contributed by atoms with Crippen molar-refractivity contribution in [2.45, 2.75) is 46.1 Å². The molecule has 1 saturated heterocycles. The van der Waals surface area contributed by atoms with Gasteiger partial charge in [-0.25, -0.2) is 4.98 Å². The van der Waals surface area contributed by atoms with Gasteiger partial charge in [0.1, 0.15) is 0 Å². The number of ether oxygens (including phenoxy) is 1. The van der Waals surface area contributed by atoms with Crippen molar-refractivity contribution in [1.29, 1.82) is 0 Å². The van der Waals surface area contributed by atoms with Gasteiger partial charge < -0.3 is 9.64 Å². The van der Waals surface area contributed by atoms with Gasteiger partial charge in [0.2, 0.25) is 11.8 Å². The maximum Gasteiger partial charge on any atom is 0.223 e. The Bertz CT molecular complexity index is 1130. The van der Waals surface area contributed by atoms with Gasteiger partial charge in [0, 0.05) is 50.4 Å². The van der Waals surface area contributed by atoms with Crippen LogP contribution in [0, 0.1) is 19.8 Å². The second-order valence-electron chi connectivity index (χ2n) is 10.2. The number of carbonyl (C=O) groups is 1. The number of piperidine rings is 1. The Kier molecular flexibility index (Phi) is 7.00. The van der Waals surface area contributed by atoms with Crippen LogP contribution in [0.1, 0.15) is 47.9 Å². The zero-order valence-corrected chi connectivity index (χ0v) is 21.2. The fraction of sp³-hybridized carbons (Fsp3) is 0.483. The number of carbonyl (C=O) groups excluding carboxylic acids is 1. The summed E-state index contributed by atoms with van der Waals surface area (Å²) < 4.78 is 5.19. The monoisotopic (exact) mass is 472 g/mol. The summed E-state index contributed by atoms with van der Waals surface area (Å²) in [6, 6.07) is 10.4. The van der Waals surface area contributed by atoms with Gasteiger partial charge in [-0.05, 0) is 79.5 Å². The molecule has 6 nitrogen and oxygen atoms in total. The highest BCUT2D eigenvalue weighted by atomic mass is 16.5. The van der Waals surface area contributed by atoms with Crippen LogP contribution < -0.4 is 4.74 Å². The molecule has 35 heavy (non-hydrogen) atoms. The number of hydrogen-bond acceptors (Lipinski definition) is 5. The third-order valence-corrected chi connectivity index (χ3v) is 7.84. The second-order valence-corrected chi connectivity index (χ2v) is 10.2. The maximum atomic E-state index is 13.4. The number of aliphatic imine (C=N–C) groups is 1. The molecule has 3 aliphatic heterocycles. The third-order valence-electron chi connectivity index (χ3n) is 7.84. The molecule has 1 fully saturated rings. The lowest BCUT2D eigenvalue weighted by Crippen LogP contribution is -2.41. The number of hydrogen-bond donors (Lipinski definition) is 0. The van der Waals surface area contributed by atoms with Gasteiger partial charge in [-0.3, -0.25) is 14.7 Å². The molecule has 2 aromatic rings. The summed E-state index contributed by atoms with van der Waals surface area (Å²) in [7, 11) is 1.62. The molecular weight excluding hydrogens is 436 g/mol. The Labute approximate surface area is 208 Å². The van der Waals surface area contributed by atoms with E-state index in [1.807, 2.05) is 18.3 Å². The summed E-state index contributed by atoms with van der Waals surface area (Å²) in [6.07, 6.45) is 5.69. The van der Waals surface area contributed by atoms with E-state index in [2.05, 4.69) is 46.8 Å². The molecule has 0 bridgehead atoms. The molecule has 6 heteroatoms. The van der Waals surface area contributed by atoms with Crippen molar-refractivity contribution in [2.75, 3.05) is 39.8 Å². The van der Waals surface area contributed by atoms with Crippen LogP contribution >= 0.6 is 0 Å². The van der Waals surface area contributed by atoms with Crippen LogP contribution in [0.2, 0.25) is 0 Å². The number of aryl methyl sites for hydroxylation is 2. The van der Waals surface area contributed by atoms with Gasteiger partial charge in [-0.15, -0.1) is 0 Å². The molecule has 0 N–H and O–H groups in total. The molecule has 184 valence electrons. The van der Waals surface area contributed by atoms with Crippen molar-refractivity contribution in [3.63, 3.8) is 0 Å². The summed E-state index contributed by atoms with van der Waals surface area (Å²) in [4.78, 5) is 27.1. The van der Waals surface area contributed by atoms with Crippen molar-refractivity contribution < 1.29 is 9.53 Å². The minimum absolute atomic E-state index is 0.287. The molecule has 1 aromatic heterocycles. The van der Waals surface area contributed by atoms with Crippen molar-refractivity contribution in [1.82, 2.24) is 14.8 Å². The van der Waals surface area contributed by atoms with E-state index in [9.17, 15) is 4.79 Å². The van der Waals surface area contributed by atoms with E-state index in [4.69, 9.17) is 9.73 Å². The van der Waals surface area contributed by atoms with Gasteiger partial charge in [-0.2, -0.15) is 0 Å². The highest BCUT2D eigenvalue weighted by Crippen LogP contribution is 2.30. The molecule has 1 amide bonds. The fourth-order valence-corrected chi connectivity index (χ4v) is 5.77. The van der Waals surface area contributed by atoms with E-state index in [0.717, 1.165) is 56.8 Å². The summed E-state index contributed by atoms with van der Waals surface area (Å²) in [5.41, 5.74) is 8.75. The van der Waals surface area contributed by atoms with Crippen LogP contribution in [-0.4, -0.2) is 66.2 Å². The van der Waals surface area contributed by atoms with E-state index in [1.165, 1.54) is 34.3 Å². The molecular formula is C29H36N4O2. The SMILES string of the molecule is COc1ccc(C2=NCC3=C2CN(C(=O)C[C@@H]2CCCN(Cc4c(C)cccc4C)C2)CC3)cn1. The van der Waals surface area contributed by atoms with E-state index in [-0.39, 0.29) is 5.91 Å². The number of methoxy groups -OCH3 is 1. The molecule has 3 aliphatic rings. The summed E-state index contributed by atoms with van der Waals surface area (Å²) in [5, 5.41) is 0. The zero-order chi connectivity index (χ0) is 24.4. The lowest BCUT2D eigenvalue weighted by Gasteiger charge is -2.35. The Morgan fingerprint density at radius 1 is 1.14 bits per heavy atom. The predicted molar refractivity (Wildman–Crippen MR) is 139 cm³/mol. The van der Waals surface area contributed by atoms with Crippen LogP contribution in [0.15, 0.2) is 52.7 Å². The highest BCUT2D eigenvalue weighted by Gasteiger charge is 2.31. The molecule has 1 atom stereocenters. The Morgan fingerprint density at radius 2 is 1.97 bits per heavy atom. The minimum atomic E-state index is 0.287. The largest absolute Gasteiger partial charge is 0.481 e. The van der Waals surface area contributed by atoms with Crippen LogP contribution in [0.25, 0.3) is 0 Å². The number of amides is 1. The quantitative estimate of drug-likeness (QED) is 0.628. The Morgan fingerprint density at radius 3 is 2.71 bits per heavy atom. The standard InChI is InChI=1S/C29H36N4O2/c1-20-6-4-7-21(2)25(20)18-32-12-5-8-22(17-32)14-28(34)33-13-11-23-15-31-29(26(23)19-33)24-9-10-27(35-3)30-16-24/h4,6-7,9-10,16,22H,5,8,11-15,17-19H2,1-3H3/t22-/m0/s1. The number of aromatic nitrogens is 1. The molecule has 5 rings (SSSR count). The average Bonchev–Trinajstić information content (AvgIpc) is 3.30. The van der Waals surface area contributed by atoms with Gasteiger partial charge in [0.25, 0.3) is 0 Å². The first-order chi connectivity index (χ1) is 17.0. The number of likely N-dealkylation sites (tertiary alicyclic amines) is 1. The van der Waals surface area contributed by atoms with Crippen LogP contribution in [0.5, 0.6) is 5.88 Å². The lowest BCUT2D eigenvalue weighted by atomic mass is 9.91. The minimum Gasteiger partial charge on any atom is -0.481 e. The zero-order valence-electron chi connectivity index (χ0n) is 21.2. The number of pyridine rings is 1. The van der Waals surface area contributed by atoms with E-state index in [0.29, 0.717) is 24.8 Å². The molecule has 4 heterocycles. The average molecular weight is 473 g/mol. The molecule has 0 aliphatic carbocycles. The van der Waals surface area contributed by atoms with E-state index < -0.39 is 0 Å². The first-order valence-corrected chi connectivity index (χ1v) is 12.8. The fourth-order valence-electron chi connectivity index (χ4n) is 5.77. The molecule has 0 saturated carbocycles. The molecule has 0 radical (unpaired) electrons. The Hall–Kier alpha value is -2.99. The third kappa shape index (κ3) is 5.18. The summed E-state index contributed by atoms with van der Waals surface area (Å²) in [5.74, 6) is 1.31. The summed E-state index contributed by atoms with van der Waals surface area (Å²) in [6.45, 7) is 9.73. The van der Waals surface area contributed by atoms with E-state index >= 15 is 0 Å². The first-order valence-electron chi connectivity index (χ1n) is 12.8. The van der Waals surface area contributed by atoms with Crippen LogP contribution in [-0.2, 0) is 11.3 Å². The van der Waals surface area contributed by atoms with Gasteiger partial charge in [0.15, 0.2) is 0 Å². The van der Waals surface area contributed by atoms with E-state index in [1.54, 1.807) is 7.11 Å². The van der Waals surface area contributed by atoms with Gasteiger partial charge >= 0.3 is 0 Å². The number of nitrogens with zero attached hydrogens (tertiary/aromatic N) is 4. The lowest BCUT2D eigenvalue weighted by molar-refractivity contribution is -0.132. The topological polar surface area (TPSA) is 58.0 Å². The van der Waals surface area contributed by atoms with Crippen molar-refractivity contribution in [3.8, 4) is 5.88 Å².